The lowest BCUT2D eigenvalue weighted by molar-refractivity contribution is -0.127. The van der Waals surface area contributed by atoms with Gasteiger partial charge in [-0.15, -0.1) is 0 Å². The van der Waals surface area contributed by atoms with Crippen LogP contribution >= 0.6 is 0 Å². The number of hydrogen-bond acceptors (Lipinski definition) is 2. The van der Waals surface area contributed by atoms with Crippen molar-refractivity contribution in [2.75, 3.05) is 6.54 Å². The van der Waals surface area contributed by atoms with Gasteiger partial charge in [-0.2, -0.15) is 0 Å². The minimum atomic E-state index is 0.243. The van der Waals surface area contributed by atoms with Crippen molar-refractivity contribution in [3.63, 3.8) is 0 Å². The average Bonchev–Trinajstić information content (AvgIpc) is 2.37. The van der Waals surface area contributed by atoms with Crippen molar-refractivity contribution in [2.24, 2.45) is 23.0 Å². The summed E-state index contributed by atoms with van der Waals surface area (Å²) in [6, 6.07) is 0.406. The van der Waals surface area contributed by atoms with Crippen LogP contribution in [0, 0.1) is 17.3 Å². The number of carbonyl (C=O) groups is 1. The van der Waals surface area contributed by atoms with Crippen LogP contribution in [0.1, 0.15) is 65.2 Å². The van der Waals surface area contributed by atoms with Gasteiger partial charge in [0.1, 0.15) is 0 Å². The molecule has 110 valence electrons. The maximum atomic E-state index is 12.3. The molecule has 3 heteroatoms. The van der Waals surface area contributed by atoms with Crippen molar-refractivity contribution in [1.29, 1.82) is 0 Å². The Morgan fingerprint density at radius 1 is 1.21 bits per heavy atom. The van der Waals surface area contributed by atoms with Gasteiger partial charge in [0.2, 0.25) is 5.91 Å². The van der Waals surface area contributed by atoms with Crippen LogP contribution in [0.15, 0.2) is 0 Å². The second-order valence-corrected chi connectivity index (χ2v) is 7.42. The van der Waals surface area contributed by atoms with Gasteiger partial charge in [-0.25, -0.2) is 0 Å². The Hall–Kier alpha value is -0.570. The number of nitrogens with two attached hydrogens (primary N) is 1. The SMILES string of the molecule is CC1(C)CCCC(NC(=O)C2CCC(CN)CC2)C1. The fourth-order valence-electron chi connectivity index (χ4n) is 3.80. The van der Waals surface area contributed by atoms with E-state index in [1.54, 1.807) is 0 Å². The first-order chi connectivity index (χ1) is 9.00. The van der Waals surface area contributed by atoms with Crippen LogP contribution < -0.4 is 11.1 Å². The maximum Gasteiger partial charge on any atom is 0.223 e. The zero-order chi connectivity index (χ0) is 13.9. The highest BCUT2D eigenvalue weighted by Gasteiger charge is 2.31. The second-order valence-electron chi connectivity index (χ2n) is 7.42. The van der Waals surface area contributed by atoms with Crippen LogP contribution in [0.3, 0.4) is 0 Å². The third kappa shape index (κ3) is 4.20. The summed E-state index contributed by atoms with van der Waals surface area (Å²) in [5.41, 5.74) is 6.10. The lowest BCUT2D eigenvalue weighted by Gasteiger charge is -2.36. The monoisotopic (exact) mass is 266 g/mol. The van der Waals surface area contributed by atoms with Gasteiger partial charge in [0.25, 0.3) is 0 Å². The highest BCUT2D eigenvalue weighted by atomic mass is 16.1. The largest absolute Gasteiger partial charge is 0.353 e. The van der Waals surface area contributed by atoms with E-state index in [0.29, 0.717) is 23.3 Å². The van der Waals surface area contributed by atoms with E-state index in [1.165, 1.54) is 12.8 Å². The molecule has 0 bridgehead atoms. The first-order valence-corrected chi connectivity index (χ1v) is 8.00. The van der Waals surface area contributed by atoms with E-state index in [1.807, 2.05) is 0 Å². The van der Waals surface area contributed by atoms with Crippen molar-refractivity contribution >= 4 is 5.91 Å². The molecule has 0 aliphatic heterocycles. The zero-order valence-electron chi connectivity index (χ0n) is 12.6. The van der Waals surface area contributed by atoms with E-state index in [4.69, 9.17) is 5.73 Å². The van der Waals surface area contributed by atoms with Gasteiger partial charge in [0.05, 0.1) is 0 Å². The first kappa shape index (κ1) is 14.8. The summed E-state index contributed by atoms with van der Waals surface area (Å²) in [6.45, 7) is 5.42. The molecule has 0 heterocycles. The Morgan fingerprint density at radius 3 is 2.47 bits per heavy atom. The summed E-state index contributed by atoms with van der Waals surface area (Å²) < 4.78 is 0. The lowest BCUT2D eigenvalue weighted by Crippen LogP contribution is -2.44. The Kier molecular flexibility index (Phi) is 4.88. The van der Waals surface area contributed by atoms with Gasteiger partial charge in [0, 0.05) is 12.0 Å². The number of carbonyl (C=O) groups excluding carboxylic acids is 1. The Balaban J connectivity index is 1.78. The van der Waals surface area contributed by atoms with Crippen LogP contribution in [0.25, 0.3) is 0 Å². The third-order valence-electron chi connectivity index (χ3n) is 5.10. The predicted octanol–water partition coefficient (Wildman–Crippen LogP) is 2.84. The quantitative estimate of drug-likeness (QED) is 0.825. The molecule has 1 unspecified atom stereocenters. The molecule has 2 rings (SSSR count). The van der Waals surface area contributed by atoms with E-state index in [9.17, 15) is 4.79 Å². The smallest absolute Gasteiger partial charge is 0.223 e. The normalized spacial score (nSPS) is 34.8. The standard InChI is InChI=1S/C16H30N2O/c1-16(2)9-3-4-14(10-16)18-15(19)13-7-5-12(11-17)6-8-13/h12-14H,3-11,17H2,1-2H3,(H,18,19). The van der Waals surface area contributed by atoms with Crippen LogP contribution in [0.5, 0.6) is 0 Å². The topological polar surface area (TPSA) is 55.1 Å². The minimum absolute atomic E-state index is 0.243. The molecule has 0 spiro atoms. The van der Waals surface area contributed by atoms with Crippen LogP contribution in [0.2, 0.25) is 0 Å². The number of amides is 1. The van der Waals surface area contributed by atoms with Crippen molar-refractivity contribution in [3.8, 4) is 0 Å². The highest BCUT2D eigenvalue weighted by molar-refractivity contribution is 5.79. The summed E-state index contributed by atoms with van der Waals surface area (Å²) in [7, 11) is 0. The second kappa shape index (κ2) is 6.25. The lowest BCUT2D eigenvalue weighted by atomic mass is 9.75. The van der Waals surface area contributed by atoms with Gasteiger partial charge >= 0.3 is 0 Å². The fourth-order valence-corrected chi connectivity index (χ4v) is 3.80. The molecule has 0 aromatic rings. The Bertz CT molecular complexity index is 306. The molecule has 2 aliphatic rings. The molecule has 19 heavy (non-hydrogen) atoms. The molecule has 2 aliphatic carbocycles. The molecule has 0 saturated heterocycles. The van der Waals surface area contributed by atoms with Crippen molar-refractivity contribution in [1.82, 2.24) is 5.32 Å². The molecule has 2 fully saturated rings. The van der Waals surface area contributed by atoms with Crippen molar-refractivity contribution < 1.29 is 4.79 Å². The summed E-state index contributed by atoms with van der Waals surface area (Å²) in [4.78, 5) is 12.3. The molecule has 3 N–H and O–H groups in total. The van der Waals surface area contributed by atoms with Crippen molar-refractivity contribution in [2.45, 2.75) is 71.3 Å². The maximum absolute atomic E-state index is 12.3. The van der Waals surface area contributed by atoms with E-state index < -0.39 is 0 Å². The number of hydrogen-bond donors (Lipinski definition) is 2. The molecular formula is C16H30N2O. The van der Waals surface area contributed by atoms with E-state index in [2.05, 4.69) is 19.2 Å². The summed E-state index contributed by atoms with van der Waals surface area (Å²) in [6.07, 6.45) is 9.16. The van der Waals surface area contributed by atoms with Crippen LogP contribution in [-0.2, 0) is 4.79 Å². The zero-order valence-corrected chi connectivity index (χ0v) is 12.6. The van der Waals surface area contributed by atoms with Crippen molar-refractivity contribution in [3.05, 3.63) is 0 Å². The number of nitrogens with one attached hydrogen (secondary N) is 1. The number of rotatable bonds is 3. The third-order valence-corrected chi connectivity index (χ3v) is 5.10. The summed E-state index contributed by atoms with van der Waals surface area (Å²) in [5, 5.41) is 3.31. The fraction of sp³-hybridized carbons (Fsp3) is 0.938. The van der Waals surface area contributed by atoms with Gasteiger partial charge in [0.15, 0.2) is 0 Å². The summed E-state index contributed by atoms with van der Waals surface area (Å²) >= 11 is 0. The van der Waals surface area contributed by atoms with Crippen LogP contribution in [0.4, 0.5) is 0 Å². The molecular weight excluding hydrogens is 236 g/mol. The Morgan fingerprint density at radius 2 is 1.89 bits per heavy atom. The van der Waals surface area contributed by atoms with Gasteiger partial charge < -0.3 is 11.1 Å². The van der Waals surface area contributed by atoms with Gasteiger partial charge in [-0.1, -0.05) is 20.3 Å². The Labute approximate surface area is 117 Å². The van der Waals surface area contributed by atoms with Crippen LogP contribution in [-0.4, -0.2) is 18.5 Å². The predicted molar refractivity (Wildman–Crippen MR) is 78.7 cm³/mol. The molecule has 0 aromatic heterocycles. The van der Waals surface area contributed by atoms with Gasteiger partial charge in [-0.3, -0.25) is 4.79 Å². The van der Waals surface area contributed by atoms with E-state index >= 15 is 0 Å². The summed E-state index contributed by atoms with van der Waals surface area (Å²) in [5.74, 6) is 1.20. The van der Waals surface area contributed by atoms with Gasteiger partial charge in [-0.05, 0) is 62.8 Å². The minimum Gasteiger partial charge on any atom is -0.353 e. The molecule has 0 aromatic carbocycles. The molecule has 0 radical (unpaired) electrons. The van der Waals surface area contributed by atoms with E-state index in [0.717, 1.165) is 45.1 Å². The highest BCUT2D eigenvalue weighted by Crippen LogP contribution is 2.35. The first-order valence-electron chi connectivity index (χ1n) is 8.00. The molecule has 2 saturated carbocycles. The molecule has 3 nitrogen and oxygen atoms in total. The van der Waals surface area contributed by atoms with E-state index in [-0.39, 0.29) is 5.92 Å². The molecule has 1 atom stereocenters. The average molecular weight is 266 g/mol. The molecule has 1 amide bonds.